The topological polar surface area (TPSA) is 247 Å². The Morgan fingerprint density at radius 1 is 0.549 bits per heavy atom. The molecule has 1 aromatic carbocycles. The van der Waals surface area contributed by atoms with E-state index in [0.29, 0.717) is 55.8 Å². The number of aromatic nitrogens is 3. The predicted molar refractivity (Wildman–Crippen MR) is 387 cm³/mol. The van der Waals surface area contributed by atoms with E-state index in [0.717, 1.165) is 129 Å². The van der Waals surface area contributed by atoms with Crippen molar-refractivity contribution in [1.82, 2.24) is 46.4 Å². The monoisotopic (exact) mass is 1290 g/mol. The number of nitrogens with zero attached hydrogens (tertiary/aromatic N) is 3. The van der Waals surface area contributed by atoms with Crippen LogP contribution in [0.25, 0.3) is 21.9 Å². The van der Waals surface area contributed by atoms with Gasteiger partial charge in [-0.3, -0.25) is 14.2 Å². The number of amides is 2. The molecule has 0 bridgehead atoms. The van der Waals surface area contributed by atoms with Gasteiger partial charge in [-0.25, -0.2) is 9.97 Å². The minimum atomic E-state index is -4.18. The van der Waals surface area contributed by atoms with Crippen molar-refractivity contribution in [2.45, 2.75) is 293 Å². The molecule has 7 atom stereocenters. The molecule has 0 saturated heterocycles. The fourth-order valence-corrected chi connectivity index (χ4v) is 13.8. The van der Waals surface area contributed by atoms with Gasteiger partial charge >= 0.3 is 7.60 Å². The quantitative estimate of drug-likeness (QED) is 0.0187. The lowest BCUT2D eigenvalue weighted by Crippen LogP contribution is -2.45. The van der Waals surface area contributed by atoms with E-state index < -0.39 is 13.6 Å². The van der Waals surface area contributed by atoms with Gasteiger partial charge in [0.05, 0.1) is 29.8 Å². The van der Waals surface area contributed by atoms with Crippen molar-refractivity contribution in [2.75, 3.05) is 64.3 Å². The Balaban J connectivity index is 1.38. The van der Waals surface area contributed by atoms with E-state index in [4.69, 9.17) is 16.5 Å². The molecule has 0 saturated carbocycles. The van der Waals surface area contributed by atoms with Crippen LogP contribution >= 0.6 is 7.60 Å². The number of hydrogen-bond donors (Lipinski definition) is 10. The van der Waals surface area contributed by atoms with E-state index in [1.165, 1.54) is 128 Å². The van der Waals surface area contributed by atoms with E-state index in [-0.39, 0.29) is 49.3 Å². The molecule has 16 nitrogen and oxygen atoms in total. The van der Waals surface area contributed by atoms with Gasteiger partial charge in [0.15, 0.2) is 5.82 Å². The molecule has 17 heteroatoms. The zero-order valence-corrected chi connectivity index (χ0v) is 61.0. The van der Waals surface area contributed by atoms with Gasteiger partial charge in [0.2, 0.25) is 11.8 Å². The van der Waals surface area contributed by atoms with Gasteiger partial charge < -0.3 is 57.7 Å². The number of carbonyl (C=O) groups is 2. The molecule has 0 radical (unpaired) electrons. The zero-order valence-electron chi connectivity index (χ0n) is 60.1. The maximum Gasteiger partial charge on any atom is 0.325 e. The lowest BCUT2D eigenvalue weighted by molar-refractivity contribution is -0.124. The molecule has 0 aliphatic rings. The average Bonchev–Trinajstić information content (AvgIpc) is 1.65. The molecule has 12 N–H and O–H groups in total. The third kappa shape index (κ3) is 38.2. The van der Waals surface area contributed by atoms with E-state index >= 15 is 0 Å². The second-order valence-electron chi connectivity index (χ2n) is 29.7. The molecule has 0 aliphatic heterocycles. The fourth-order valence-electron chi connectivity index (χ4n) is 13.2. The molecule has 6 unspecified atom stereocenters. The van der Waals surface area contributed by atoms with Crippen LogP contribution in [0.2, 0.25) is 0 Å². The Hall–Kier alpha value is -3.21. The van der Waals surface area contributed by atoms with Gasteiger partial charge in [0.1, 0.15) is 11.3 Å². The van der Waals surface area contributed by atoms with Crippen molar-refractivity contribution in [2.24, 2.45) is 53.1 Å². The van der Waals surface area contributed by atoms with Crippen LogP contribution in [0, 0.1) is 47.3 Å². The maximum atomic E-state index is 13.6. The second kappa shape index (κ2) is 47.6. The standard InChI is InChI=1S/C74H140N11O5P/c1-12-77-56-68-84-70-71(65-38-13-14-39-66(65)83-72(70)75)85(68)54-24-51-82-73(87)67(80-52-25-55-91(88,89)90)40-41-69(86)81-50-23-49-78-47-15-16-48-79-53-46-74(76,44-42-63(10)36-21-34-61(8)32-19-30-59(6)28-17-26-57(2)3)45-43-64(11)37-22-35-62(9)33-20-31-60(7)29-18-27-58(4)5/h13-14,38-39,57-64,67,77-80H,12,15-37,40-56,76H2,1-11H3,(H2,75,83)(H,81,86)(H,82,87)(H2,88,89,90)/t59?,60?,61?,62?,63?,64?,67-,74?/m0/s1. The number of unbranched alkanes of at least 4 members (excludes halogenated alkanes) is 1. The Kier molecular flexibility index (Phi) is 42.9. The first-order valence-corrected chi connectivity index (χ1v) is 39.0. The van der Waals surface area contributed by atoms with Crippen LogP contribution in [0.4, 0.5) is 5.82 Å². The van der Waals surface area contributed by atoms with E-state index in [1.807, 2.05) is 31.2 Å². The number of nitrogen functional groups attached to an aromatic ring is 1. The number of benzene rings is 1. The number of nitrogens with two attached hydrogens (primary N) is 2. The summed E-state index contributed by atoms with van der Waals surface area (Å²) in [6.45, 7) is 33.0. The molecule has 3 aromatic rings. The average molecular weight is 1290 g/mol. The number of imidazole rings is 1. The summed E-state index contributed by atoms with van der Waals surface area (Å²) in [4.78, 5) is 54.9. The van der Waals surface area contributed by atoms with Crippen molar-refractivity contribution in [3.63, 3.8) is 0 Å². The highest BCUT2D eigenvalue weighted by Crippen LogP contribution is 2.35. The van der Waals surface area contributed by atoms with Crippen molar-refractivity contribution in [3.05, 3.63) is 30.1 Å². The third-order valence-electron chi connectivity index (χ3n) is 19.5. The molecule has 0 fully saturated rings. The van der Waals surface area contributed by atoms with Crippen molar-refractivity contribution in [3.8, 4) is 0 Å². The van der Waals surface area contributed by atoms with Crippen LogP contribution in [-0.4, -0.2) is 106 Å². The van der Waals surface area contributed by atoms with Crippen molar-refractivity contribution >= 4 is 47.2 Å². The highest BCUT2D eigenvalue weighted by Gasteiger charge is 2.27. The highest BCUT2D eigenvalue weighted by atomic mass is 31.2. The smallest absolute Gasteiger partial charge is 0.325 e. The Labute approximate surface area is 555 Å². The van der Waals surface area contributed by atoms with Gasteiger partial charge in [0, 0.05) is 37.0 Å². The highest BCUT2D eigenvalue weighted by molar-refractivity contribution is 7.51. The fraction of sp³-hybridized carbons (Fsp3) is 0.838. The summed E-state index contributed by atoms with van der Waals surface area (Å²) in [7, 11) is -4.18. The van der Waals surface area contributed by atoms with Crippen LogP contribution in [0.1, 0.15) is 275 Å². The van der Waals surface area contributed by atoms with Gasteiger partial charge in [0.25, 0.3) is 0 Å². The Bertz CT molecular complexity index is 2370. The SMILES string of the molecule is CCNCc1nc2c(N)nc3ccccc3c2n1CCCNC(=O)[C@H](CCC(=O)NCCCNCCCCNCCC(N)(CCC(C)CCCC(C)CCCC(C)CCCC(C)C)CCC(C)CCCC(C)CCCC(C)CCCC(C)C)NCCCP(=O)(O)O. The summed E-state index contributed by atoms with van der Waals surface area (Å²) >= 11 is 0. The lowest BCUT2D eigenvalue weighted by Gasteiger charge is -2.32. The molecule has 2 amide bonds. The van der Waals surface area contributed by atoms with Gasteiger partial charge in [-0.05, 0) is 163 Å². The predicted octanol–water partition coefficient (Wildman–Crippen LogP) is 15.4. The van der Waals surface area contributed by atoms with E-state index in [2.05, 4.69) is 111 Å². The molecular weight excluding hydrogens is 1150 g/mol. The summed E-state index contributed by atoms with van der Waals surface area (Å²) in [5, 5.41) is 20.9. The molecule has 2 aromatic heterocycles. The van der Waals surface area contributed by atoms with Crippen LogP contribution in [0.5, 0.6) is 0 Å². The minimum Gasteiger partial charge on any atom is -0.382 e. The first-order chi connectivity index (χ1) is 43.5. The normalized spacial score (nSPS) is 15.3. The van der Waals surface area contributed by atoms with Crippen molar-refractivity contribution in [1.29, 1.82) is 0 Å². The summed E-state index contributed by atoms with van der Waals surface area (Å²) in [6.07, 6.45) is 34.2. The summed E-state index contributed by atoms with van der Waals surface area (Å²) in [5.74, 6) is 7.26. The number of hydrogen-bond acceptors (Lipinski definition) is 11. The second-order valence-corrected chi connectivity index (χ2v) is 31.5. The summed E-state index contributed by atoms with van der Waals surface area (Å²) in [5.41, 5.74) is 16.1. The van der Waals surface area contributed by atoms with Gasteiger partial charge in [-0.15, -0.1) is 0 Å². The number of rotatable bonds is 58. The zero-order chi connectivity index (χ0) is 66.9. The van der Waals surface area contributed by atoms with Gasteiger partial charge in [-0.1, -0.05) is 210 Å². The molecule has 91 heavy (non-hydrogen) atoms. The number of aryl methyl sites for hydroxylation is 1. The number of para-hydroxylation sites is 1. The molecular formula is C74H140N11O5P. The molecule has 526 valence electrons. The Morgan fingerprint density at radius 3 is 1.55 bits per heavy atom. The Morgan fingerprint density at radius 2 is 1.03 bits per heavy atom. The number of nitrogens with one attached hydrogen (secondary N) is 6. The number of fused-ring (bicyclic) bond motifs is 3. The molecule has 2 heterocycles. The number of anilines is 1. The third-order valence-corrected chi connectivity index (χ3v) is 20.4. The van der Waals surface area contributed by atoms with Crippen LogP contribution in [-0.2, 0) is 27.2 Å². The first-order valence-electron chi connectivity index (χ1n) is 37.3. The first kappa shape index (κ1) is 82.0. The lowest BCUT2D eigenvalue weighted by atomic mass is 9.80. The summed E-state index contributed by atoms with van der Waals surface area (Å²) < 4.78 is 13.7. The number of pyridine rings is 1. The van der Waals surface area contributed by atoms with Crippen LogP contribution in [0.15, 0.2) is 24.3 Å². The molecule has 0 spiro atoms. The number of carbonyl (C=O) groups excluding carboxylic acids is 2. The molecule has 3 rings (SSSR count). The van der Waals surface area contributed by atoms with Crippen LogP contribution < -0.4 is 43.4 Å². The minimum absolute atomic E-state index is 0.129. The van der Waals surface area contributed by atoms with Gasteiger partial charge in [-0.2, -0.15) is 0 Å². The molecule has 0 aliphatic carbocycles. The maximum absolute atomic E-state index is 13.6. The van der Waals surface area contributed by atoms with Crippen molar-refractivity contribution < 1.29 is 23.9 Å². The van der Waals surface area contributed by atoms with E-state index in [1.54, 1.807) is 0 Å². The largest absolute Gasteiger partial charge is 0.382 e. The summed E-state index contributed by atoms with van der Waals surface area (Å²) in [6, 6.07) is 7.16. The van der Waals surface area contributed by atoms with E-state index in [9.17, 15) is 23.9 Å². The van der Waals surface area contributed by atoms with Crippen LogP contribution in [0.3, 0.4) is 0 Å².